The van der Waals surface area contributed by atoms with Gasteiger partial charge in [0.2, 0.25) is 0 Å². The third kappa shape index (κ3) is 10.2. The zero-order valence-electron chi connectivity index (χ0n) is 25.5. The molecule has 0 amide bonds. The molecule has 0 saturated heterocycles. The van der Waals surface area contributed by atoms with Gasteiger partial charge in [-0.25, -0.2) is 20.0 Å². The second kappa shape index (κ2) is 18.5. The number of hydrogen-bond donors (Lipinski definition) is 1. The van der Waals surface area contributed by atoms with E-state index < -0.39 is 0 Å². The van der Waals surface area contributed by atoms with E-state index in [0.29, 0.717) is 6.61 Å². The van der Waals surface area contributed by atoms with E-state index in [0.717, 1.165) is 46.7 Å². The van der Waals surface area contributed by atoms with Crippen molar-refractivity contribution < 1.29 is 9.47 Å². The molecule has 3 aromatic carbocycles. The van der Waals surface area contributed by atoms with Crippen LogP contribution in [0.25, 0.3) is 17.2 Å². The van der Waals surface area contributed by atoms with Crippen molar-refractivity contribution >= 4 is 18.6 Å². The summed E-state index contributed by atoms with van der Waals surface area (Å²) in [5, 5.41) is 3.61. The first-order chi connectivity index (χ1) is 21.2. The first-order valence-corrected chi connectivity index (χ1v) is 14.5. The van der Waals surface area contributed by atoms with E-state index in [-0.39, 0.29) is 6.04 Å². The van der Waals surface area contributed by atoms with Gasteiger partial charge in [0.25, 0.3) is 0 Å². The molecule has 1 aromatic heterocycles. The number of aromatic nitrogens is 2. The average molecular weight is 576 g/mol. The van der Waals surface area contributed by atoms with Crippen molar-refractivity contribution in [3.63, 3.8) is 0 Å². The third-order valence-electron chi connectivity index (χ3n) is 6.43. The summed E-state index contributed by atoms with van der Waals surface area (Å²) in [6.07, 6.45) is 15.1. The van der Waals surface area contributed by atoms with Crippen molar-refractivity contribution in [2.24, 2.45) is 9.98 Å². The molecule has 1 aliphatic rings. The van der Waals surface area contributed by atoms with Crippen molar-refractivity contribution in [3.8, 4) is 22.6 Å². The van der Waals surface area contributed by atoms with Crippen LogP contribution < -0.4 is 14.8 Å². The maximum absolute atomic E-state index is 6.12. The van der Waals surface area contributed by atoms with Crippen molar-refractivity contribution in [2.45, 2.75) is 39.8 Å². The van der Waals surface area contributed by atoms with E-state index in [2.05, 4.69) is 92.5 Å². The van der Waals surface area contributed by atoms with Gasteiger partial charge >= 0.3 is 0 Å². The standard InChI is InChI=1S/C29H27N3O2.C5H8N2.C2H6/c1-33-28-16-26-24(15-29(28)34-19-22-5-3-2-4-6-22)13-14-32-27(26)12-9-21-7-10-23(11-8-21)25-17-30-20-31-18-25;1-3-6-5-7-4-2;1-2/h2-12,15-18,20,27,32H,13-14,19H2,1H3;3-5H,1H2,2H3;1-2H3/b12-9+;;. The first kappa shape index (κ1) is 32.6. The molecule has 7 nitrogen and oxygen atoms in total. The number of methoxy groups -OCH3 is 1. The van der Waals surface area contributed by atoms with Gasteiger partial charge < -0.3 is 14.8 Å². The molecule has 0 spiro atoms. The molecule has 1 unspecified atom stereocenters. The molecule has 43 heavy (non-hydrogen) atoms. The lowest BCUT2D eigenvalue weighted by molar-refractivity contribution is 0.283. The van der Waals surface area contributed by atoms with Crippen molar-refractivity contribution in [3.05, 3.63) is 127 Å². The fourth-order valence-electron chi connectivity index (χ4n) is 4.37. The fourth-order valence-corrected chi connectivity index (χ4v) is 4.37. The second-order valence-corrected chi connectivity index (χ2v) is 9.12. The third-order valence-corrected chi connectivity index (χ3v) is 6.43. The number of ether oxygens (including phenoxy) is 2. The Kier molecular flexibility index (Phi) is 14.1. The maximum Gasteiger partial charge on any atom is 0.161 e. The van der Waals surface area contributed by atoms with Crippen LogP contribution in [0.5, 0.6) is 11.5 Å². The summed E-state index contributed by atoms with van der Waals surface area (Å²) in [5.41, 5.74) is 6.91. The Morgan fingerprint density at radius 2 is 1.70 bits per heavy atom. The Balaban J connectivity index is 0.000000496. The molecule has 222 valence electrons. The number of rotatable bonds is 9. The van der Waals surface area contributed by atoms with E-state index in [1.807, 2.05) is 51.4 Å². The van der Waals surface area contributed by atoms with Crippen LogP contribution in [0.1, 0.15) is 49.1 Å². The van der Waals surface area contributed by atoms with Crippen LogP contribution in [0.2, 0.25) is 0 Å². The van der Waals surface area contributed by atoms with Gasteiger partial charge in [-0.2, -0.15) is 0 Å². The smallest absolute Gasteiger partial charge is 0.161 e. The summed E-state index contributed by atoms with van der Waals surface area (Å²) in [5.74, 6) is 1.54. The molecular weight excluding hydrogens is 534 g/mol. The highest BCUT2D eigenvalue weighted by atomic mass is 16.5. The summed E-state index contributed by atoms with van der Waals surface area (Å²) < 4.78 is 11.8. The number of nitrogens with one attached hydrogen (secondary N) is 1. The average Bonchev–Trinajstić information content (AvgIpc) is 3.08. The van der Waals surface area contributed by atoms with Gasteiger partial charge in [0.05, 0.1) is 13.2 Å². The lowest BCUT2D eigenvalue weighted by Crippen LogP contribution is -2.28. The van der Waals surface area contributed by atoms with Crippen LogP contribution in [-0.4, -0.2) is 36.2 Å². The monoisotopic (exact) mass is 575 g/mol. The van der Waals surface area contributed by atoms with Crippen LogP contribution in [0.4, 0.5) is 0 Å². The highest BCUT2D eigenvalue weighted by Crippen LogP contribution is 2.36. The number of hydrogen-bond acceptors (Lipinski definition) is 6. The van der Waals surface area contributed by atoms with E-state index in [1.54, 1.807) is 19.7 Å². The second-order valence-electron chi connectivity index (χ2n) is 9.12. The molecule has 0 bridgehead atoms. The predicted octanol–water partition coefficient (Wildman–Crippen LogP) is 7.91. The van der Waals surface area contributed by atoms with Crippen LogP contribution >= 0.6 is 0 Å². The van der Waals surface area contributed by atoms with Gasteiger partial charge in [-0.1, -0.05) is 87.2 Å². The van der Waals surface area contributed by atoms with Gasteiger partial charge in [0.15, 0.2) is 11.5 Å². The van der Waals surface area contributed by atoms with Gasteiger partial charge in [-0.05, 0) is 53.3 Å². The fraction of sp³-hybridized carbons (Fsp3) is 0.222. The lowest BCUT2D eigenvalue weighted by Gasteiger charge is -2.26. The van der Waals surface area contributed by atoms with Gasteiger partial charge in [-0.3, -0.25) is 0 Å². The number of aliphatic imine (C=N–C) groups is 2. The largest absolute Gasteiger partial charge is 0.493 e. The highest BCUT2D eigenvalue weighted by molar-refractivity contribution is 5.70. The number of nitrogens with zero attached hydrogens (tertiary/aromatic N) is 4. The Bertz CT molecular complexity index is 1470. The Hall–Kier alpha value is -4.88. The van der Waals surface area contributed by atoms with E-state index in [9.17, 15) is 0 Å². The zero-order chi connectivity index (χ0) is 30.7. The summed E-state index contributed by atoms with van der Waals surface area (Å²) in [6, 6.07) is 23.0. The minimum absolute atomic E-state index is 0.114. The van der Waals surface area contributed by atoms with Gasteiger partial charge in [0.1, 0.15) is 19.3 Å². The first-order valence-electron chi connectivity index (χ1n) is 14.5. The molecule has 4 aromatic rings. The molecule has 1 aliphatic heterocycles. The van der Waals surface area contributed by atoms with Crippen molar-refractivity contribution in [2.75, 3.05) is 13.7 Å². The zero-order valence-corrected chi connectivity index (χ0v) is 25.5. The van der Waals surface area contributed by atoms with Crippen LogP contribution in [0.3, 0.4) is 0 Å². The molecule has 1 N–H and O–H groups in total. The van der Waals surface area contributed by atoms with E-state index >= 15 is 0 Å². The lowest BCUT2D eigenvalue weighted by atomic mass is 9.93. The summed E-state index contributed by atoms with van der Waals surface area (Å²) in [4.78, 5) is 15.5. The summed E-state index contributed by atoms with van der Waals surface area (Å²) in [6.45, 7) is 10.6. The molecule has 0 radical (unpaired) electrons. The number of benzene rings is 3. The topological polar surface area (TPSA) is 81.0 Å². The minimum Gasteiger partial charge on any atom is -0.493 e. The summed E-state index contributed by atoms with van der Waals surface area (Å²) >= 11 is 0. The van der Waals surface area contributed by atoms with Crippen LogP contribution in [-0.2, 0) is 13.0 Å². The van der Waals surface area contributed by atoms with Gasteiger partial charge in [-0.15, -0.1) is 0 Å². The molecular formula is C36H41N5O2. The Labute approximate surface area is 255 Å². The molecule has 7 heteroatoms. The molecule has 0 saturated carbocycles. The van der Waals surface area contributed by atoms with Crippen LogP contribution in [0, 0.1) is 0 Å². The Morgan fingerprint density at radius 1 is 0.953 bits per heavy atom. The van der Waals surface area contributed by atoms with E-state index in [1.165, 1.54) is 23.7 Å². The Morgan fingerprint density at radius 3 is 2.37 bits per heavy atom. The van der Waals surface area contributed by atoms with Crippen molar-refractivity contribution in [1.82, 2.24) is 15.3 Å². The molecule has 5 rings (SSSR count). The van der Waals surface area contributed by atoms with E-state index in [4.69, 9.17) is 9.47 Å². The maximum atomic E-state index is 6.12. The molecule has 1 atom stereocenters. The normalized spacial score (nSPS) is 13.9. The molecule has 0 aliphatic carbocycles. The SMILES string of the molecule is C=CN=CN=CC.CC.COc1cc2c(cc1OCc1ccccc1)CCNC2/C=C/c1ccc(-c2cncnc2)cc1. The van der Waals surface area contributed by atoms with Crippen LogP contribution in [0.15, 0.2) is 114 Å². The predicted molar refractivity (Wildman–Crippen MR) is 179 cm³/mol. The molecule has 0 fully saturated rings. The highest BCUT2D eigenvalue weighted by Gasteiger charge is 2.21. The van der Waals surface area contributed by atoms with Gasteiger partial charge in [0, 0.05) is 36.9 Å². The molecule has 2 heterocycles. The number of fused-ring (bicyclic) bond motifs is 1. The minimum atomic E-state index is 0.114. The quantitative estimate of drug-likeness (QED) is 0.162. The summed E-state index contributed by atoms with van der Waals surface area (Å²) in [7, 11) is 1.69. The van der Waals surface area contributed by atoms with Crippen molar-refractivity contribution in [1.29, 1.82) is 0 Å².